The summed E-state index contributed by atoms with van der Waals surface area (Å²) in [6, 6.07) is 4.96. The zero-order valence-corrected chi connectivity index (χ0v) is 11.4. The molecule has 2 nitrogen and oxygen atoms in total. The maximum absolute atomic E-state index is 12.6. The van der Waals surface area contributed by atoms with Gasteiger partial charge in [0.05, 0.1) is 11.7 Å². The number of allylic oxidation sites excluding steroid dienone is 1. The lowest BCUT2D eigenvalue weighted by Crippen LogP contribution is -2.10. The highest BCUT2D eigenvalue weighted by molar-refractivity contribution is 5.80. The number of carbonyl (C=O) groups excluding carboxylic acids is 1. The minimum Gasteiger partial charge on any atom is -0.389 e. The molecule has 0 heterocycles. The Balaban J connectivity index is 1.95. The van der Waals surface area contributed by atoms with Crippen molar-refractivity contribution in [2.75, 3.05) is 0 Å². The van der Waals surface area contributed by atoms with Crippen LogP contribution in [0, 0.1) is 5.92 Å². The van der Waals surface area contributed by atoms with E-state index in [1.807, 2.05) is 0 Å². The van der Waals surface area contributed by atoms with E-state index in [1.165, 1.54) is 6.07 Å². The van der Waals surface area contributed by atoms with Crippen LogP contribution in [-0.4, -0.2) is 17.0 Å². The van der Waals surface area contributed by atoms with Gasteiger partial charge in [-0.25, -0.2) is 0 Å². The third kappa shape index (κ3) is 4.70. The number of benzene rings is 1. The number of alkyl halides is 3. The molecule has 1 aromatic carbocycles. The van der Waals surface area contributed by atoms with E-state index in [0.717, 1.165) is 18.6 Å². The summed E-state index contributed by atoms with van der Waals surface area (Å²) in [5, 5.41) is 9.87. The highest BCUT2D eigenvalue weighted by Gasteiger charge is 2.30. The van der Waals surface area contributed by atoms with Gasteiger partial charge in [-0.1, -0.05) is 30.4 Å². The van der Waals surface area contributed by atoms with Gasteiger partial charge in [0.1, 0.15) is 5.78 Å². The van der Waals surface area contributed by atoms with Crippen LogP contribution in [0.1, 0.15) is 30.4 Å². The van der Waals surface area contributed by atoms with Gasteiger partial charge in [0.15, 0.2) is 0 Å². The van der Waals surface area contributed by atoms with Crippen LogP contribution in [0.25, 0.3) is 0 Å². The summed E-state index contributed by atoms with van der Waals surface area (Å²) in [6.45, 7) is 0. The quantitative estimate of drug-likeness (QED) is 0.863. The van der Waals surface area contributed by atoms with Crippen molar-refractivity contribution in [3.8, 4) is 0 Å². The Bertz CT molecular complexity index is 535. The molecule has 1 saturated carbocycles. The van der Waals surface area contributed by atoms with Crippen molar-refractivity contribution < 1.29 is 23.1 Å². The molecule has 2 atom stereocenters. The summed E-state index contributed by atoms with van der Waals surface area (Å²) in [6.07, 6.45) is 0.121. The number of hydrogen-bond donors (Lipinski definition) is 1. The molecule has 1 aromatic rings. The topological polar surface area (TPSA) is 37.3 Å². The van der Waals surface area contributed by atoms with Crippen molar-refractivity contribution in [3.05, 3.63) is 47.5 Å². The van der Waals surface area contributed by atoms with Gasteiger partial charge in [-0.2, -0.15) is 13.2 Å². The van der Waals surface area contributed by atoms with Crippen LogP contribution < -0.4 is 0 Å². The molecule has 1 N–H and O–H groups in total. The van der Waals surface area contributed by atoms with Gasteiger partial charge in [-0.05, 0) is 24.0 Å². The molecule has 0 radical (unpaired) electrons. The van der Waals surface area contributed by atoms with Crippen molar-refractivity contribution in [2.45, 2.75) is 38.0 Å². The Labute approximate surface area is 121 Å². The zero-order valence-electron chi connectivity index (χ0n) is 11.4. The molecular weight excluding hydrogens is 281 g/mol. The van der Waals surface area contributed by atoms with Crippen LogP contribution in [0.3, 0.4) is 0 Å². The molecule has 2 rings (SSSR count). The summed E-state index contributed by atoms with van der Waals surface area (Å²) in [7, 11) is 0. The summed E-state index contributed by atoms with van der Waals surface area (Å²) >= 11 is 0. The lowest BCUT2D eigenvalue weighted by molar-refractivity contribution is -0.137. The van der Waals surface area contributed by atoms with Gasteiger partial charge in [-0.15, -0.1) is 0 Å². The van der Waals surface area contributed by atoms with Crippen LogP contribution >= 0.6 is 0 Å². The maximum atomic E-state index is 12.6. The van der Waals surface area contributed by atoms with E-state index >= 15 is 0 Å². The number of ketones is 1. The summed E-state index contributed by atoms with van der Waals surface area (Å²) in [5.74, 6) is 0.366. The van der Waals surface area contributed by atoms with Crippen molar-refractivity contribution in [1.82, 2.24) is 0 Å². The SMILES string of the molecule is O=C1CC[C@H](/C=C/C(O)Cc2cccc(C(F)(F)F)c2)C1. The molecule has 0 bridgehead atoms. The van der Waals surface area contributed by atoms with E-state index in [1.54, 1.807) is 18.2 Å². The molecule has 1 aliphatic rings. The van der Waals surface area contributed by atoms with Crippen molar-refractivity contribution in [3.63, 3.8) is 0 Å². The molecule has 5 heteroatoms. The molecule has 114 valence electrons. The average molecular weight is 298 g/mol. The minimum absolute atomic E-state index is 0.126. The van der Waals surface area contributed by atoms with E-state index in [9.17, 15) is 23.1 Å². The number of aliphatic hydroxyl groups excluding tert-OH is 1. The van der Waals surface area contributed by atoms with Crippen LogP contribution in [0.15, 0.2) is 36.4 Å². The molecule has 21 heavy (non-hydrogen) atoms. The fourth-order valence-electron chi connectivity index (χ4n) is 2.48. The molecular formula is C16H17F3O2. The molecule has 1 unspecified atom stereocenters. The van der Waals surface area contributed by atoms with Gasteiger partial charge in [-0.3, -0.25) is 4.79 Å². The standard InChI is InChI=1S/C16H17F3O2/c17-16(18,19)13-3-1-2-12(8-13)10-15(21)7-5-11-4-6-14(20)9-11/h1-3,5,7-8,11,15,21H,4,6,9-10H2/b7-5+/t11-,15?/m1/s1. The van der Waals surface area contributed by atoms with Crippen LogP contribution in [0.4, 0.5) is 13.2 Å². The van der Waals surface area contributed by atoms with Crippen LogP contribution in [0.2, 0.25) is 0 Å². The monoisotopic (exact) mass is 298 g/mol. The first kappa shape index (κ1) is 15.8. The smallest absolute Gasteiger partial charge is 0.389 e. The van der Waals surface area contributed by atoms with Gasteiger partial charge in [0.2, 0.25) is 0 Å². The second-order valence-electron chi connectivity index (χ2n) is 5.40. The first-order valence-electron chi connectivity index (χ1n) is 6.89. The van der Waals surface area contributed by atoms with Crippen molar-refractivity contribution in [2.24, 2.45) is 5.92 Å². The fraction of sp³-hybridized carbons (Fsp3) is 0.438. The molecule has 1 aliphatic carbocycles. The maximum Gasteiger partial charge on any atom is 0.416 e. The lowest BCUT2D eigenvalue weighted by Gasteiger charge is -2.10. The van der Waals surface area contributed by atoms with Crippen molar-refractivity contribution in [1.29, 1.82) is 0 Å². The van der Waals surface area contributed by atoms with E-state index < -0.39 is 17.8 Å². The molecule has 0 saturated heterocycles. The molecule has 1 fully saturated rings. The van der Waals surface area contributed by atoms with Crippen molar-refractivity contribution >= 4 is 5.78 Å². The second-order valence-corrected chi connectivity index (χ2v) is 5.40. The Morgan fingerprint density at radius 3 is 2.76 bits per heavy atom. The Morgan fingerprint density at radius 2 is 2.14 bits per heavy atom. The summed E-state index contributed by atoms with van der Waals surface area (Å²) in [4.78, 5) is 11.1. The van der Waals surface area contributed by atoms with E-state index in [0.29, 0.717) is 18.4 Å². The first-order valence-corrected chi connectivity index (χ1v) is 6.89. The predicted octanol–water partition coefficient (Wildman–Crippen LogP) is 3.53. The van der Waals surface area contributed by atoms with Gasteiger partial charge in [0.25, 0.3) is 0 Å². The number of halogens is 3. The van der Waals surface area contributed by atoms with Gasteiger partial charge >= 0.3 is 6.18 Å². The molecule has 0 spiro atoms. The zero-order chi connectivity index (χ0) is 15.5. The molecule has 0 aromatic heterocycles. The Kier molecular flexibility index (Phi) is 4.83. The summed E-state index contributed by atoms with van der Waals surface area (Å²) in [5.41, 5.74) is -0.276. The number of aliphatic hydroxyl groups is 1. The molecule has 0 amide bonds. The highest BCUT2D eigenvalue weighted by Crippen LogP contribution is 2.30. The first-order chi connectivity index (χ1) is 9.84. The van der Waals surface area contributed by atoms with E-state index in [-0.39, 0.29) is 18.1 Å². The Morgan fingerprint density at radius 1 is 1.38 bits per heavy atom. The largest absolute Gasteiger partial charge is 0.416 e. The van der Waals surface area contributed by atoms with Gasteiger partial charge < -0.3 is 5.11 Å². The number of Topliss-reactive ketones (excluding diaryl/α,β-unsaturated/α-hetero) is 1. The third-order valence-corrected chi connectivity index (χ3v) is 3.59. The normalized spacial score (nSPS) is 21.1. The number of carbonyl (C=O) groups is 1. The number of rotatable bonds is 4. The number of hydrogen-bond acceptors (Lipinski definition) is 2. The fourth-order valence-corrected chi connectivity index (χ4v) is 2.48. The van der Waals surface area contributed by atoms with Crippen LogP contribution in [-0.2, 0) is 17.4 Å². The predicted molar refractivity (Wildman–Crippen MR) is 72.6 cm³/mol. The van der Waals surface area contributed by atoms with E-state index in [4.69, 9.17) is 0 Å². The third-order valence-electron chi connectivity index (χ3n) is 3.59. The minimum atomic E-state index is -4.37. The lowest BCUT2D eigenvalue weighted by atomic mass is 10.0. The van der Waals surface area contributed by atoms with E-state index in [2.05, 4.69) is 0 Å². The second kappa shape index (κ2) is 6.43. The van der Waals surface area contributed by atoms with Crippen LogP contribution in [0.5, 0.6) is 0 Å². The highest BCUT2D eigenvalue weighted by atomic mass is 19.4. The summed E-state index contributed by atoms with van der Waals surface area (Å²) < 4.78 is 37.8. The van der Waals surface area contributed by atoms with Gasteiger partial charge in [0, 0.05) is 19.3 Å². The molecule has 0 aliphatic heterocycles. The average Bonchev–Trinajstić information content (AvgIpc) is 2.82. The Hall–Kier alpha value is -1.62.